The van der Waals surface area contributed by atoms with Gasteiger partial charge >= 0.3 is 11.9 Å². The van der Waals surface area contributed by atoms with Crippen molar-refractivity contribution in [1.82, 2.24) is 9.47 Å². The van der Waals surface area contributed by atoms with E-state index in [0.717, 1.165) is 51.0 Å². The summed E-state index contributed by atoms with van der Waals surface area (Å²) in [5.74, 6) is -0.789. The number of pyridine rings is 1. The van der Waals surface area contributed by atoms with E-state index in [1.165, 1.54) is 26.4 Å². The third kappa shape index (κ3) is 8.14. The van der Waals surface area contributed by atoms with E-state index in [1.807, 2.05) is 12.1 Å². The number of carbonyl (C=O) groups excluding carboxylic acids is 2. The Morgan fingerprint density at radius 1 is 0.930 bits per heavy atom. The van der Waals surface area contributed by atoms with E-state index in [0.29, 0.717) is 17.9 Å². The zero-order valence-electron chi connectivity index (χ0n) is 25.0. The molecule has 0 atom stereocenters. The lowest BCUT2D eigenvalue weighted by Crippen LogP contribution is -2.46. The maximum absolute atomic E-state index is 12.6. The first kappa shape index (κ1) is 30.6. The Kier molecular flexibility index (Phi) is 9.67. The topological polar surface area (TPSA) is 90.3 Å². The van der Waals surface area contributed by atoms with Gasteiger partial charge in [-0.05, 0) is 87.3 Å². The van der Waals surface area contributed by atoms with Crippen LogP contribution in [-0.4, -0.2) is 66.3 Å². The average molecular weight is 606 g/mol. The van der Waals surface area contributed by atoms with Crippen molar-refractivity contribution in [3.8, 4) is 5.75 Å². The molecule has 4 aromatic rings. The van der Waals surface area contributed by atoms with Gasteiger partial charge < -0.3 is 19.1 Å². The summed E-state index contributed by atoms with van der Waals surface area (Å²) < 4.78 is 19.1. The SMILES string of the molecule is CC(C)(C)OC(=O)CC(=O)OCn1c(=O)ccc2ccc(OCCCCN3CCN(c4cccc5sccc45)CC3)cc21. The number of thiophene rings is 1. The predicted molar refractivity (Wildman–Crippen MR) is 170 cm³/mol. The molecule has 1 saturated heterocycles. The Morgan fingerprint density at radius 2 is 1.72 bits per heavy atom. The number of rotatable bonds is 11. The number of benzene rings is 2. The van der Waals surface area contributed by atoms with Crippen molar-refractivity contribution < 1.29 is 23.8 Å². The van der Waals surface area contributed by atoms with Crippen LogP contribution >= 0.6 is 11.3 Å². The van der Waals surface area contributed by atoms with Crippen LogP contribution in [0.1, 0.15) is 40.0 Å². The van der Waals surface area contributed by atoms with Gasteiger partial charge in [-0.25, -0.2) is 0 Å². The summed E-state index contributed by atoms with van der Waals surface area (Å²) in [6, 6.07) is 17.5. The predicted octanol–water partition coefficient (Wildman–Crippen LogP) is 5.43. The van der Waals surface area contributed by atoms with Crippen molar-refractivity contribution in [2.75, 3.05) is 44.2 Å². The highest BCUT2D eigenvalue weighted by Crippen LogP contribution is 2.31. The molecule has 5 rings (SSSR count). The minimum Gasteiger partial charge on any atom is -0.494 e. The van der Waals surface area contributed by atoms with Crippen LogP contribution < -0.4 is 15.2 Å². The molecule has 0 radical (unpaired) electrons. The molecular formula is C33H39N3O6S. The molecule has 0 amide bonds. The number of unbranched alkanes of at least 4 members (excludes halogenated alkanes) is 1. The smallest absolute Gasteiger partial charge is 0.318 e. The van der Waals surface area contributed by atoms with Crippen molar-refractivity contribution in [1.29, 1.82) is 0 Å². The van der Waals surface area contributed by atoms with Crippen LogP contribution in [0, 0.1) is 0 Å². The van der Waals surface area contributed by atoms with Gasteiger partial charge in [-0.2, -0.15) is 0 Å². The molecule has 1 fully saturated rings. The summed E-state index contributed by atoms with van der Waals surface area (Å²) in [7, 11) is 0. The van der Waals surface area contributed by atoms with Crippen LogP contribution in [-0.2, 0) is 25.8 Å². The first-order valence-electron chi connectivity index (χ1n) is 14.7. The minimum atomic E-state index is -0.758. The Morgan fingerprint density at radius 3 is 2.51 bits per heavy atom. The maximum Gasteiger partial charge on any atom is 0.318 e. The lowest BCUT2D eigenvalue weighted by molar-refractivity contribution is -0.163. The number of esters is 2. The summed E-state index contributed by atoms with van der Waals surface area (Å²) in [5, 5.41) is 4.32. The van der Waals surface area contributed by atoms with Gasteiger partial charge in [0.15, 0.2) is 6.73 Å². The van der Waals surface area contributed by atoms with Crippen LogP contribution in [0.15, 0.2) is 64.8 Å². The second-order valence-corrected chi connectivity index (χ2v) is 12.7. The fourth-order valence-corrected chi connectivity index (χ4v) is 6.08. The molecule has 1 aliphatic heterocycles. The second-order valence-electron chi connectivity index (χ2n) is 11.7. The first-order valence-corrected chi connectivity index (χ1v) is 15.6. The molecular weight excluding hydrogens is 566 g/mol. The van der Waals surface area contributed by atoms with Crippen molar-refractivity contribution >= 4 is 50.0 Å². The van der Waals surface area contributed by atoms with Crippen molar-refractivity contribution in [3.63, 3.8) is 0 Å². The van der Waals surface area contributed by atoms with Gasteiger partial charge in [0.1, 0.15) is 17.8 Å². The van der Waals surface area contributed by atoms with E-state index in [4.69, 9.17) is 14.2 Å². The van der Waals surface area contributed by atoms with Crippen LogP contribution in [0.25, 0.3) is 21.0 Å². The lowest BCUT2D eigenvalue weighted by Gasteiger charge is -2.36. The average Bonchev–Trinajstić information content (AvgIpc) is 3.45. The highest BCUT2D eigenvalue weighted by atomic mass is 32.1. The van der Waals surface area contributed by atoms with Gasteiger partial charge in [0, 0.05) is 54.1 Å². The van der Waals surface area contributed by atoms with Crippen LogP contribution in [0.2, 0.25) is 0 Å². The van der Waals surface area contributed by atoms with Crippen LogP contribution in [0.3, 0.4) is 0 Å². The molecule has 2 aromatic heterocycles. The number of hydrogen-bond donors (Lipinski definition) is 0. The number of fused-ring (bicyclic) bond motifs is 2. The number of carbonyl (C=O) groups is 2. The Balaban J connectivity index is 1.07. The highest BCUT2D eigenvalue weighted by molar-refractivity contribution is 7.17. The summed E-state index contributed by atoms with van der Waals surface area (Å²) >= 11 is 1.79. The monoisotopic (exact) mass is 605 g/mol. The van der Waals surface area contributed by atoms with Crippen molar-refractivity contribution in [2.45, 2.75) is 52.4 Å². The van der Waals surface area contributed by atoms with E-state index in [2.05, 4.69) is 39.4 Å². The molecule has 1 aliphatic rings. The van der Waals surface area contributed by atoms with E-state index in [9.17, 15) is 14.4 Å². The second kappa shape index (κ2) is 13.6. The maximum atomic E-state index is 12.6. The number of hydrogen-bond acceptors (Lipinski definition) is 9. The zero-order chi connectivity index (χ0) is 30.4. The third-order valence-electron chi connectivity index (χ3n) is 7.35. The lowest BCUT2D eigenvalue weighted by atomic mass is 10.2. The molecule has 228 valence electrons. The number of piperazine rings is 1. The molecule has 0 spiro atoms. The van der Waals surface area contributed by atoms with E-state index in [-0.39, 0.29) is 12.3 Å². The van der Waals surface area contributed by atoms with Gasteiger partial charge in [0.25, 0.3) is 5.56 Å². The summed E-state index contributed by atoms with van der Waals surface area (Å²) in [5.41, 5.74) is 0.912. The van der Waals surface area contributed by atoms with E-state index >= 15 is 0 Å². The molecule has 0 unspecified atom stereocenters. The van der Waals surface area contributed by atoms with Gasteiger partial charge in [-0.15, -0.1) is 11.3 Å². The van der Waals surface area contributed by atoms with E-state index in [1.54, 1.807) is 44.2 Å². The first-order chi connectivity index (χ1) is 20.7. The van der Waals surface area contributed by atoms with Gasteiger partial charge in [-0.3, -0.25) is 23.9 Å². The zero-order valence-corrected chi connectivity index (χ0v) is 25.9. The fraction of sp³-hybridized carbons (Fsp3) is 0.424. The number of aromatic nitrogens is 1. The minimum absolute atomic E-state index is 0.309. The molecule has 2 aromatic carbocycles. The third-order valence-corrected chi connectivity index (χ3v) is 8.23. The molecule has 0 aliphatic carbocycles. The highest BCUT2D eigenvalue weighted by Gasteiger charge is 2.21. The van der Waals surface area contributed by atoms with Crippen molar-refractivity contribution in [2.24, 2.45) is 0 Å². The normalized spacial score (nSPS) is 14.3. The Labute approximate surface area is 255 Å². The van der Waals surface area contributed by atoms with Gasteiger partial charge in [0.2, 0.25) is 0 Å². The Bertz CT molecular complexity index is 1630. The van der Waals surface area contributed by atoms with Gasteiger partial charge in [-0.1, -0.05) is 6.07 Å². The Hall–Kier alpha value is -3.89. The number of nitrogens with zero attached hydrogens (tertiary/aromatic N) is 3. The molecule has 0 N–H and O–H groups in total. The summed E-state index contributed by atoms with van der Waals surface area (Å²) in [6.07, 6.45) is 1.43. The van der Waals surface area contributed by atoms with Crippen LogP contribution in [0.4, 0.5) is 5.69 Å². The fourth-order valence-electron chi connectivity index (χ4n) is 5.27. The summed E-state index contributed by atoms with van der Waals surface area (Å²) in [6.45, 7) is 10.6. The number of ether oxygens (including phenoxy) is 3. The molecule has 0 saturated carbocycles. The molecule has 9 nitrogen and oxygen atoms in total. The van der Waals surface area contributed by atoms with Crippen molar-refractivity contribution in [3.05, 3.63) is 70.3 Å². The van der Waals surface area contributed by atoms with Crippen LogP contribution in [0.5, 0.6) is 5.75 Å². The van der Waals surface area contributed by atoms with Gasteiger partial charge in [0.05, 0.1) is 12.1 Å². The quantitative estimate of drug-likeness (QED) is 0.127. The molecule has 0 bridgehead atoms. The molecule has 3 heterocycles. The molecule has 10 heteroatoms. The largest absolute Gasteiger partial charge is 0.494 e. The molecule has 43 heavy (non-hydrogen) atoms. The van der Waals surface area contributed by atoms with E-state index < -0.39 is 24.0 Å². The number of anilines is 1. The standard InChI is InChI=1S/C33H39N3O6S/c1-33(2,3)42-32(39)22-31(38)41-23-36-28-21-25(11-9-24(28)10-12-30(36)37)40-19-5-4-14-34-15-17-35(18-16-34)27-7-6-8-29-26(27)13-20-43-29/h6-13,20-21H,4-5,14-19,22-23H2,1-3H3. The summed E-state index contributed by atoms with van der Waals surface area (Å²) in [4.78, 5) is 41.7.